The lowest BCUT2D eigenvalue weighted by atomic mass is 9.89. The second-order valence-corrected chi connectivity index (χ2v) is 10.8. The van der Waals surface area contributed by atoms with Crippen molar-refractivity contribution in [2.24, 2.45) is 5.92 Å². The van der Waals surface area contributed by atoms with Gasteiger partial charge in [0, 0.05) is 19.0 Å². The minimum Gasteiger partial charge on any atom is -0.506 e. The summed E-state index contributed by atoms with van der Waals surface area (Å²) >= 11 is 8.12. The van der Waals surface area contributed by atoms with E-state index in [0.717, 1.165) is 31.2 Å². The number of benzene rings is 1. The number of allylic oxidation sites excluding steroid dienone is 1. The van der Waals surface area contributed by atoms with Crippen molar-refractivity contribution >= 4 is 71.5 Å². The van der Waals surface area contributed by atoms with Crippen molar-refractivity contribution in [3.8, 4) is 11.8 Å². The first-order valence-corrected chi connectivity index (χ1v) is 12.5. The standard InChI is InChI=1S/C20H15Br2N3O2S.C3H7NO/c1-9-2-3-12-15(4-9)28-20-16(12)19(27)24-18(25-20)11(8-23)5-10-6-13(21)17(26)14(22)7-10;1-4(2)3-5/h5-7,9,26H,2-4H2,1H3,(H,24,25,27);3H,1-2H3. The summed E-state index contributed by atoms with van der Waals surface area (Å²) in [4.78, 5) is 32.9. The molecule has 0 fully saturated rings. The number of phenols is 1. The van der Waals surface area contributed by atoms with Gasteiger partial charge in [0.25, 0.3) is 5.56 Å². The fourth-order valence-electron chi connectivity index (χ4n) is 3.47. The van der Waals surface area contributed by atoms with Gasteiger partial charge in [0.15, 0.2) is 5.82 Å². The normalized spacial score (nSPS) is 15.3. The Balaban J connectivity index is 0.000000555. The SMILES string of the molecule is CC1CCc2c(sc3nc(C(C#N)=Cc4cc(Br)c(O)c(Br)c4)[nH]c(=O)c23)C1.CN(C)C=O. The van der Waals surface area contributed by atoms with Gasteiger partial charge in [-0.2, -0.15) is 5.26 Å². The molecule has 7 nitrogen and oxygen atoms in total. The Bertz CT molecular complexity index is 1310. The van der Waals surface area contributed by atoms with Crippen LogP contribution in [-0.4, -0.2) is 40.5 Å². The molecular formula is C23H22Br2N4O3S. The van der Waals surface area contributed by atoms with Crippen LogP contribution in [0.2, 0.25) is 0 Å². The number of carbonyl (C=O) groups excluding carboxylic acids is 1. The minimum absolute atomic E-state index is 0.0852. The van der Waals surface area contributed by atoms with Crippen LogP contribution in [-0.2, 0) is 17.6 Å². The van der Waals surface area contributed by atoms with E-state index in [2.05, 4.69) is 54.8 Å². The molecule has 1 aliphatic carbocycles. The van der Waals surface area contributed by atoms with Crippen molar-refractivity contribution in [3.63, 3.8) is 0 Å². The van der Waals surface area contributed by atoms with E-state index in [4.69, 9.17) is 0 Å². The molecule has 3 aromatic rings. The number of nitrogens with zero attached hydrogens (tertiary/aromatic N) is 3. The number of hydrogen-bond acceptors (Lipinski definition) is 6. The Hall–Kier alpha value is -2.48. The van der Waals surface area contributed by atoms with E-state index in [0.29, 0.717) is 30.6 Å². The fourth-order valence-corrected chi connectivity index (χ4v) is 6.07. The van der Waals surface area contributed by atoms with E-state index in [1.807, 2.05) is 0 Å². The number of aryl methyl sites for hydroxylation is 1. The zero-order valence-corrected chi connectivity index (χ0v) is 22.3. The van der Waals surface area contributed by atoms with E-state index < -0.39 is 0 Å². The summed E-state index contributed by atoms with van der Waals surface area (Å²) in [5, 5.41) is 20.2. The van der Waals surface area contributed by atoms with Crippen LogP contribution >= 0.6 is 43.2 Å². The number of nitrogens with one attached hydrogen (secondary N) is 1. The average molecular weight is 594 g/mol. The molecule has 172 valence electrons. The van der Waals surface area contributed by atoms with Gasteiger partial charge in [-0.15, -0.1) is 11.3 Å². The Morgan fingerprint density at radius 2 is 2.00 bits per heavy atom. The molecule has 1 atom stereocenters. The molecule has 2 N–H and O–H groups in total. The van der Waals surface area contributed by atoms with Gasteiger partial charge in [-0.05, 0) is 86.4 Å². The third kappa shape index (κ3) is 5.72. The number of H-pyrrole nitrogens is 1. The second-order valence-electron chi connectivity index (χ2n) is 8.02. The first kappa shape index (κ1) is 25.1. The quantitative estimate of drug-likeness (QED) is 0.324. The molecule has 1 aliphatic rings. The third-order valence-electron chi connectivity index (χ3n) is 5.10. The van der Waals surface area contributed by atoms with Gasteiger partial charge in [0.05, 0.1) is 19.9 Å². The monoisotopic (exact) mass is 592 g/mol. The second kappa shape index (κ2) is 10.6. The van der Waals surface area contributed by atoms with Gasteiger partial charge >= 0.3 is 0 Å². The molecule has 4 rings (SSSR count). The number of hydrogen-bond donors (Lipinski definition) is 2. The largest absolute Gasteiger partial charge is 0.506 e. The summed E-state index contributed by atoms with van der Waals surface area (Å²) in [7, 11) is 3.38. The molecule has 0 saturated heterocycles. The first-order valence-electron chi connectivity index (χ1n) is 10.1. The zero-order valence-electron chi connectivity index (χ0n) is 18.3. The van der Waals surface area contributed by atoms with E-state index >= 15 is 0 Å². The van der Waals surface area contributed by atoms with Crippen molar-refractivity contribution in [3.05, 3.63) is 53.3 Å². The van der Waals surface area contributed by atoms with Crippen molar-refractivity contribution in [2.75, 3.05) is 14.1 Å². The van der Waals surface area contributed by atoms with Gasteiger partial charge in [0.2, 0.25) is 6.41 Å². The summed E-state index contributed by atoms with van der Waals surface area (Å²) in [6, 6.07) is 5.51. The van der Waals surface area contributed by atoms with Crippen LogP contribution in [0.4, 0.5) is 0 Å². The van der Waals surface area contributed by atoms with Crippen molar-refractivity contribution in [1.29, 1.82) is 5.26 Å². The Morgan fingerprint density at radius 1 is 1.36 bits per heavy atom. The van der Waals surface area contributed by atoms with Gasteiger partial charge in [-0.25, -0.2) is 4.98 Å². The summed E-state index contributed by atoms with van der Waals surface area (Å²) in [5.74, 6) is 0.953. The lowest BCUT2D eigenvalue weighted by Gasteiger charge is -2.17. The number of aromatic nitrogens is 2. The van der Waals surface area contributed by atoms with Crippen LogP contribution in [0.15, 0.2) is 25.9 Å². The van der Waals surface area contributed by atoms with E-state index in [9.17, 15) is 20.0 Å². The molecule has 2 heterocycles. The molecule has 2 aromatic heterocycles. The van der Waals surface area contributed by atoms with E-state index in [1.165, 1.54) is 9.78 Å². The summed E-state index contributed by atoms with van der Waals surface area (Å²) in [6.45, 7) is 2.22. The van der Waals surface area contributed by atoms with Crippen molar-refractivity contribution in [2.45, 2.75) is 26.2 Å². The number of rotatable bonds is 3. The van der Waals surface area contributed by atoms with E-state index in [1.54, 1.807) is 43.6 Å². The molecule has 0 spiro atoms. The Morgan fingerprint density at radius 3 is 2.58 bits per heavy atom. The maximum atomic E-state index is 12.8. The molecule has 0 saturated carbocycles. The molecule has 0 radical (unpaired) electrons. The topological polar surface area (TPSA) is 110 Å². The van der Waals surface area contributed by atoms with Crippen molar-refractivity contribution < 1.29 is 9.90 Å². The summed E-state index contributed by atoms with van der Waals surface area (Å²) < 4.78 is 1.00. The molecule has 10 heteroatoms. The van der Waals surface area contributed by atoms with Crippen LogP contribution in [0, 0.1) is 17.2 Å². The van der Waals surface area contributed by atoms with Crippen LogP contribution in [0.25, 0.3) is 21.9 Å². The first-order chi connectivity index (χ1) is 15.6. The van der Waals surface area contributed by atoms with Gasteiger partial charge in [0.1, 0.15) is 16.6 Å². The van der Waals surface area contributed by atoms with Crippen molar-refractivity contribution in [1.82, 2.24) is 14.9 Å². The number of nitriles is 1. The van der Waals surface area contributed by atoms with Gasteiger partial charge in [-0.1, -0.05) is 6.92 Å². The lowest BCUT2D eigenvalue weighted by Crippen LogP contribution is -2.14. The van der Waals surface area contributed by atoms with Crippen LogP contribution < -0.4 is 5.56 Å². The maximum Gasteiger partial charge on any atom is 0.260 e. The highest BCUT2D eigenvalue weighted by molar-refractivity contribution is 9.11. The molecule has 33 heavy (non-hydrogen) atoms. The Kier molecular flexibility index (Phi) is 8.10. The molecular weight excluding hydrogens is 572 g/mol. The number of phenolic OH excluding ortho intramolecular Hbond substituents is 1. The van der Waals surface area contributed by atoms with Gasteiger partial charge in [-0.3, -0.25) is 9.59 Å². The predicted molar refractivity (Wildman–Crippen MR) is 138 cm³/mol. The Labute approximate surface area is 212 Å². The van der Waals surface area contributed by atoms with Crippen LogP contribution in [0.3, 0.4) is 0 Å². The molecule has 0 bridgehead atoms. The summed E-state index contributed by atoms with van der Waals surface area (Å²) in [5.41, 5.74) is 1.87. The fraction of sp³-hybridized carbons (Fsp3) is 0.304. The highest BCUT2D eigenvalue weighted by Crippen LogP contribution is 2.37. The number of aromatic amines is 1. The molecule has 1 amide bonds. The number of amides is 1. The van der Waals surface area contributed by atoms with Crippen LogP contribution in [0.5, 0.6) is 5.75 Å². The smallest absolute Gasteiger partial charge is 0.260 e. The lowest BCUT2D eigenvalue weighted by molar-refractivity contribution is -0.115. The number of halogens is 2. The number of aromatic hydroxyl groups is 1. The van der Waals surface area contributed by atoms with Crippen LogP contribution in [0.1, 0.15) is 35.2 Å². The van der Waals surface area contributed by atoms with E-state index in [-0.39, 0.29) is 22.7 Å². The molecule has 0 aliphatic heterocycles. The summed E-state index contributed by atoms with van der Waals surface area (Å²) in [6.07, 6.45) is 5.33. The predicted octanol–water partition coefficient (Wildman–Crippen LogP) is 5.11. The highest BCUT2D eigenvalue weighted by atomic mass is 79.9. The number of carbonyl (C=O) groups is 1. The minimum atomic E-state index is -0.193. The third-order valence-corrected chi connectivity index (χ3v) is 7.46. The maximum absolute atomic E-state index is 12.8. The zero-order chi connectivity index (χ0) is 24.3. The van der Waals surface area contributed by atoms with Gasteiger partial charge < -0.3 is 15.0 Å². The highest BCUT2D eigenvalue weighted by Gasteiger charge is 2.23. The number of thiophene rings is 1. The number of fused-ring (bicyclic) bond motifs is 3. The average Bonchev–Trinajstić information content (AvgIpc) is 3.13. The molecule has 1 unspecified atom stereocenters. The molecule has 1 aromatic carbocycles.